The van der Waals surface area contributed by atoms with Gasteiger partial charge in [-0.3, -0.25) is 0 Å². The summed E-state index contributed by atoms with van der Waals surface area (Å²) in [6.45, 7) is 6.21. The van der Waals surface area contributed by atoms with E-state index in [1.165, 1.54) is 13.2 Å². The molecule has 0 atom stereocenters. The highest BCUT2D eigenvalue weighted by atomic mass is 19.4. The Hall–Kier alpha value is -2.03. The van der Waals surface area contributed by atoms with E-state index in [1.807, 2.05) is 0 Å². The van der Waals surface area contributed by atoms with Gasteiger partial charge >= 0.3 is 12.3 Å². The molecule has 0 bridgehead atoms. The van der Waals surface area contributed by atoms with Gasteiger partial charge in [0.05, 0.1) is 6.61 Å². The molecule has 2 heterocycles. The largest absolute Gasteiger partial charge is 0.474 e. The number of carbonyl (C=O) groups excluding carboxylic acids is 1. The molecule has 1 amide bonds. The zero-order chi connectivity index (χ0) is 20.2. The summed E-state index contributed by atoms with van der Waals surface area (Å²) in [5.74, 6) is -0.0902. The van der Waals surface area contributed by atoms with Crippen molar-refractivity contribution in [3.05, 3.63) is 23.4 Å². The number of aromatic nitrogens is 1. The Kier molecular flexibility index (Phi) is 6.56. The van der Waals surface area contributed by atoms with Gasteiger partial charge in [0, 0.05) is 39.1 Å². The van der Waals surface area contributed by atoms with Crippen LogP contribution in [0.2, 0.25) is 0 Å². The molecule has 0 aliphatic carbocycles. The summed E-state index contributed by atoms with van der Waals surface area (Å²) >= 11 is 0. The second-order valence-electron chi connectivity index (χ2n) is 7.41. The van der Waals surface area contributed by atoms with Crippen LogP contribution >= 0.6 is 0 Å². The van der Waals surface area contributed by atoms with Crippen LogP contribution in [-0.2, 0) is 22.3 Å². The normalized spacial score (nSPS) is 16.3. The topological polar surface area (TPSA) is 60.9 Å². The van der Waals surface area contributed by atoms with Crippen LogP contribution in [0.3, 0.4) is 0 Å². The van der Waals surface area contributed by atoms with Gasteiger partial charge < -0.3 is 19.1 Å². The number of amides is 1. The number of halogens is 3. The van der Waals surface area contributed by atoms with Crippen molar-refractivity contribution in [2.75, 3.05) is 20.2 Å². The van der Waals surface area contributed by atoms with Gasteiger partial charge in [-0.25, -0.2) is 9.78 Å². The lowest BCUT2D eigenvalue weighted by atomic mass is 10.1. The van der Waals surface area contributed by atoms with Crippen LogP contribution in [0.1, 0.15) is 44.9 Å². The van der Waals surface area contributed by atoms with Gasteiger partial charge in [-0.2, -0.15) is 13.2 Å². The molecule has 1 aliphatic rings. The SMILES string of the molecule is COCc1cc(OC2CCN(C(=O)OC(C)(C)C)CC2)nc(C(F)(F)F)c1. The molecule has 1 fully saturated rings. The summed E-state index contributed by atoms with van der Waals surface area (Å²) in [5, 5.41) is 0. The average Bonchev–Trinajstić information content (AvgIpc) is 2.53. The molecule has 6 nitrogen and oxygen atoms in total. The van der Waals surface area contributed by atoms with E-state index in [9.17, 15) is 18.0 Å². The Labute approximate surface area is 156 Å². The monoisotopic (exact) mass is 390 g/mol. The molecule has 2 rings (SSSR count). The van der Waals surface area contributed by atoms with E-state index in [2.05, 4.69) is 4.98 Å². The number of carbonyl (C=O) groups is 1. The zero-order valence-corrected chi connectivity index (χ0v) is 15.9. The molecular weight excluding hydrogens is 365 g/mol. The molecule has 0 spiro atoms. The predicted octanol–water partition coefficient (Wildman–Crippen LogP) is 4.03. The standard InChI is InChI=1S/C18H25F3N2O4/c1-17(2,3)27-16(24)23-7-5-13(6-8-23)26-15-10-12(11-25-4)9-14(22-15)18(19,20)21/h9-10,13H,5-8,11H2,1-4H3. The highest BCUT2D eigenvalue weighted by Gasteiger charge is 2.34. The number of nitrogens with zero attached hydrogens (tertiary/aromatic N) is 2. The van der Waals surface area contributed by atoms with Crippen LogP contribution < -0.4 is 4.74 Å². The van der Waals surface area contributed by atoms with E-state index in [1.54, 1.807) is 25.7 Å². The summed E-state index contributed by atoms with van der Waals surface area (Å²) in [6, 6.07) is 2.39. The summed E-state index contributed by atoms with van der Waals surface area (Å²) in [7, 11) is 1.40. The van der Waals surface area contributed by atoms with E-state index in [0.29, 0.717) is 31.5 Å². The van der Waals surface area contributed by atoms with Crippen LogP contribution in [0.15, 0.2) is 12.1 Å². The van der Waals surface area contributed by atoms with Crippen LogP contribution in [-0.4, -0.2) is 47.9 Å². The lowest BCUT2D eigenvalue weighted by Gasteiger charge is -2.33. The lowest BCUT2D eigenvalue weighted by molar-refractivity contribution is -0.141. The number of pyridine rings is 1. The van der Waals surface area contributed by atoms with E-state index >= 15 is 0 Å². The Morgan fingerprint density at radius 1 is 1.22 bits per heavy atom. The molecule has 0 N–H and O–H groups in total. The van der Waals surface area contributed by atoms with Crippen molar-refractivity contribution in [3.8, 4) is 5.88 Å². The van der Waals surface area contributed by atoms with Crippen molar-refractivity contribution in [3.63, 3.8) is 0 Å². The van der Waals surface area contributed by atoms with Crippen LogP contribution in [0, 0.1) is 0 Å². The van der Waals surface area contributed by atoms with E-state index < -0.39 is 23.6 Å². The first-order valence-electron chi connectivity index (χ1n) is 8.69. The third-order valence-corrected chi connectivity index (χ3v) is 3.84. The molecular formula is C18H25F3N2O4. The molecule has 0 unspecified atom stereocenters. The number of alkyl halides is 3. The van der Waals surface area contributed by atoms with Crippen molar-refractivity contribution in [1.29, 1.82) is 0 Å². The maximum absolute atomic E-state index is 13.0. The number of ether oxygens (including phenoxy) is 3. The Morgan fingerprint density at radius 3 is 2.37 bits per heavy atom. The molecule has 9 heteroatoms. The Bertz CT molecular complexity index is 651. The van der Waals surface area contributed by atoms with Crippen LogP contribution in [0.5, 0.6) is 5.88 Å². The number of rotatable bonds is 4. The van der Waals surface area contributed by atoms with Crippen LogP contribution in [0.4, 0.5) is 18.0 Å². The second kappa shape index (κ2) is 8.33. The lowest BCUT2D eigenvalue weighted by Crippen LogP contribution is -2.44. The van der Waals surface area contributed by atoms with Gasteiger partial charge in [0.2, 0.25) is 5.88 Å². The second-order valence-corrected chi connectivity index (χ2v) is 7.41. The van der Waals surface area contributed by atoms with E-state index in [4.69, 9.17) is 14.2 Å². The Morgan fingerprint density at radius 2 is 1.85 bits per heavy atom. The molecule has 27 heavy (non-hydrogen) atoms. The first-order valence-corrected chi connectivity index (χ1v) is 8.69. The molecule has 0 aromatic carbocycles. The fourth-order valence-corrected chi connectivity index (χ4v) is 2.67. The smallest absolute Gasteiger partial charge is 0.433 e. The number of hydrogen-bond donors (Lipinski definition) is 0. The fraction of sp³-hybridized carbons (Fsp3) is 0.667. The minimum Gasteiger partial charge on any atom is -0.474 e. The van der Waals surface area contributed by atoms with Crippen molar-refractivity contribution in [2.45, 2.75) is 58.1 Å². The molecule has 1 aromatic rings. The van der Waals surface area contributed by atoms with E-state index in [0.717, 1.165) is 6.07 Å². The molecule has 0 radical (unpaired) electrons. The van der Waals surface area contributed by atoms with Crippen molar-refractivity contribution >= 4 is 6.09 Å². The molecule has 0 saturated carbocycles. The first-order chi connectivity index (χ1) is 12.5. The first kappa shape index (κ1) is 21.3. The van der Waals surface area contributed by atoms with Gasteiger partial charge in [0.1, 0.15) is 17.4 Å². The summed E-state index contributed by atoms with van der Waals surface area (Å²) < 4.78 is 55.0. The number of hydrogen-bond acceptors (Lipinski definition) is 5. The maximum atomic E-state index is 13.0. The summed E-state index contributed by atoms with van der Waals surface area (Å²) in [5.41, 5.74) is -1.26. The summed E-state index contributed by atoms with van der Waals surface area (Å²) in [4.78, 5) is 17.2. The average molecular weight is 390 g/mol. The van der Waals surface area contributed by atoms with Gasteiger partial charge in [0.15, 0.2) is 0 Å². The quantitative estimate of drug-likeness (QED) is 0.777. The predicted molar refractivity (Wildman–Crippen MR) is 91.4 cm³/mol. The zero-order valence-electron chi connectivity index (χ0n) is 15.9. The van der Waals surface area contributed by atoms with Crippen molar-refractivity contribution < 1.29 is 32.2 Å². The molecule has 1 aliphatic heterocycles. The molecule has 152 valence electrons. The minimum atomic E-state index is -4.57. The Balaban J connectivity index is 2.00. The number of methoxy groups -OCH3 is 1. The number of piperidine rings is 1. The molecule has 1 aromatic heterocycles. The van der Waals surface area contributed by atoms with Crippen LogP contribution in [0.25, 0.3) is 0 Å². The highest BCUT2D eigenvalue weighted by Crippen LogP contribution is 2.31. The minimum absolute atomic E-state index is 0.0268. The van der Waals surface area contributed by atoms with E-state index in [-0.39, 0.29) is 18.6 Å². The third-order valence-electron chi connectivity index (χ3n) is 3.84. The van der Waals surface area contributed by atoms with Gasteiger partial charge in [-0.15, -0.1) is 0 Å². The highest BCUT2D eigenvalue weighted by molar-refractivity contribution is 5.68. The fourth-order valence-electron chi connectivity index (χ4n) is 2.67. The van der Waals surface area contributed by atoms with Crippen molar-refractivity contribution in [1.82, 2.24) is 9.88 Å². The number of likely N-dealkylation sites (tertiary alicyclic amines) is 1. The summed E-state index contributed by atoms with van der Waals surface area (Å²) in [6.07, 6.45) is -4.33. The third kappa shape index (κ3) is 6.57. The van der Waals surface area contributed by atoms with Crippen molar-refractivity contribution in [2.24, 2.45) is 0 Å². The van der Waals surface area contributed by atoms with Gasteiger partial charge in [-0.05, 0) is 32.4 Å². The van der Waals surface area contributed by atoms with Gasteiger partial charge in [0.25, 0.3) is 0 Å². The maximum Gasteiger partial charge on any atom is 0.433 e. The molecule has 1 saturated heterocycles. The van der Waals surface area contributed by atoms with Gasteiger partial charge in [-0.1, -0.05) is 0 Å².